The number of carboxylic acids is 1. The summed E-state index contributed by atoms with van der Waals surface area (Å²) in [5.41, 5.74) is 6.77. The third kappa shape index (κ3) is 2.81. The molecule has 4 heteroatoms. The quantitative estimate of drug-likeness (QED) is 0.749. The molecule has 0 aromatic carbocycles. The van der Waals surface area contributed by atoms with E-state index in [9.17, 15) is 4.79 Å². The van der Waals surface area contributed by atoms with Crippen LogP contribution in [-0.4, -0.2) is 22.1 Å². The van der Waals surface area contributed by atoms with E-state index < -0.39 is 5.97 Å². The third-order valence-corrected chi connectivity index (χ3v) is 2.28. The van der Waals surface area contributed by atoms with E-state index in [1.807, 2.05) is 19.1 Å². The highest BCUT2D eigenvalue weighted by Crippen LogP contribution is 2.18. The largest absolute Gasteiger partial charge is 0.481 e. The molecule has 0 amide bonds. The normalized spacial score (nSPS) is 14.7. The molecule has 1 heterocycles. The van der Waals surface area contributed by atoms with Crippen molar-refractivity contribution in [2.75, 3.05) is 0 Å². The summed E-state index contributed by atoms with van der Waals surface area (Å²) in [6.07, 6.45) is 3.35. The molecular formula is C10H14N2O2. The van der Waals surface area contributed by atoms with Crippen LogP contribution in [0.4, 0.5) is 0 Å². The van der Waals surface area contributed by atoms with Crippen molar-refractivity contribution in [2.45, 2.75) is 25.3 Å². The number of carbonyl (C=O) groups is 1. The first-order valence-electron chi connectivity index (χ1n) is 4.48. The Morgan fingerprint density at radius 1 is 1.57 bits per heavy atom. The maximum absolute atomic E-state index is 10.5. The van der Waals surface area contributed by atoms with Gasteiger partial charge in [-0.2, -0.15) is 0 Å². The van der Waals surface area contributed by atoms with Gasteiger partial charge >= 0.3 is 5.97 Å². The van der Waals surface area contributed by atoms with Crippen LogP contribution in [-0.2, 0) is 4.79 Å². The van der Waals surface area contributed by atoms with Crippen molar-refractivity contribution in [1.29, 1.82) is 0 Å². The Hall–Kier alpha value is -1.42. The number of aromatic nitrogens is 1. The van der Waals surface area contributed by atoms with Gasteiger partial charge in [-0.3, -0.25) is 9.78 Å². The molecular weight excluding hydrogens is 180 g/mol. The van der Waals surface area contributed by atoms with E-state index in [2.05, 4.69) is 4.98 Å². The molecule has 0 aliphatic carbocycles. The van der Waals surface area contributed by atoms with Crippen LogP contribution in [0.1, 0.15) is 24.8 Å². The predicted molar refractivity (Wildman–Crippen MR) is 52.9 cm³/mol. The van der Waals surface area contributed by atoms with Crippen molar-refractivity contribution >= 4 is 5.97 Å². The minimum absolute atomic E-state index is 0.0104. The average molecular weight is 194 g/mol. The Balaban J connectivity index is 2.65. The maximum atomic E-state index is 10.5. The first-order chi connectivity index (χ1) is 6.61. The standard InChI is InChI=1S/C10H14N2O2/c1-7(9(11)6-10(13)14)8-2-4-12-5-3-8/h2-5,7,9H,6,11H2,1H3,(H,13,14). The number of rotatable bonds is 4. The van der Waals surface area contributed by atoms with Gasteiger partial charge in [-0.1, -0.05) is 6.92 Å². The fourth-order valence-electron chi connectivity index (χ4n) is 1.29. The lowest BCUT2D eigenvalue weighted by Gasteiger charge is -2.18. The molecule has 2 unspecified atom stereocenters. The second-order valence-corrected chi connectivity index (χ2v) is 3.33. The fraction of sp³-hybridized carbons (Fsp3) is 0.400. The third-order valence-electron chi connectivity index (χ3n) is 2.28. The highest BCUT2D eigenvalue weighted by Gasteiger charge is 2.17. The van der Waals surface area contributed by atoms with E-state index >= 15 is 0 Å². The molecule has 1 rings (SSSR count). The molecule has 2 atom stereocenters. The predicted octanol–water partition coefficient (Wildman–Crippen LogP) is 0.987. The van der Waals surface area contributed by atoms with E-state index in [1.54, 1.807) is 12.4 Å². The van der Waals surface area contributed by atoms with Crippen LogP contribution in [0.25, 0.3) is 0 Å². The van der Waals surface area contributed by atoms with Gasteiger partial charge in [-0.25, -0.2) is 0 Å². The lowest BCUT2D eigenvalue weighted by molar-refractivity contribution is -0.137. The van der Waals surface area contributed by atoms with Gasteiger partial charge in [0.1, 0.15) is 0 Å². The van der Waals surface area contributed by atoms with Gasteiger partial charge in [0.15, 0.2) is 0 Å². The van der Waals surface area contributed by atoms with E-state index in [-0.39, 0.29) is 18.4 Å². The van der Waals surface area contributed by atoms with Gasteiger partial charge in [-0.15, -0.1) is 0 Å². The van der Waals surface area contributed by atoms with Crippen molar-refractivity contribution in [2.24, 2.45) is 5.73 Å². The van der Waals surface area contributed by atoms with E-state index in [4.69, 9.17) is 10.8 Å². The smallest absolute Gasteiger partial charge is 0.304 e. The summed E-state index contributed by atoms with van der Waals surface area (Å²) in [6.45, 7) is 1.92. The van der Waals surface area contributed by atoms with Crippen molar-refractivity contribution in [3.05, 3.63) is 30.1 Å². The summed E-state index contributed by atoms with van der Waals surface area (Å²) >= 11 is 0. The first kappa shape index (κ1) is 10.7. The summed E-state index contributed by atoms with van der Waals surface area (Å²) in [6, 6.07) is 3.36. The molecule has 0 aliphatic heterocycles. The molecule has 76 valence electrons. The molecule has 0 fully saturated rings. The van der Waals surface area contributed by atoms with Crippen molar-refractivity contribution in [1.82, 2.24) is 4.98 Å². The minimum atomic E-state index is -0.863. The van der Waals surface area contributed by atoms with Crippen LogP contribution in [0.2, 0.25) is 0 Å². The van der Waals surface area contributed by atoms with Crippen molar-refractivity contribution in [3.8, 4) is 0 Å². The van der Waals surface area contributed by atoms with Crippen LogP contribution in [0.15, 0.2) is 24.5 Å². The molecule has 0 bridgehead atoms. The van der Waals surface area contributed by atoms with Crippen molar-refractivity contribution < 1.29 is 9.90 Å². The average Bonchev–Trinajstić information content (AvgIpc) is 2.17. The summed E-state index contributed by atoms with van der Waals surface area (Å²) in [5.74, 6) is -0.826. The molecule has 0 saturated heterocycles. The van der Waals surface area contributed by atoms with Crippen LogP contribution in [0.3, 0.4) is 0 Å². The zero-order valence-corrected chi connectivity index (χ0v) is 8.05. The molecule has 4 nitrogen and oxygen atoms in total. The Morgan fingerprint density at radius 3 is 2.64 bits per heavy atom. The summed E-state index contributed by atoms with van der Waals surface area (Å²) in [5, 5.41) is 8.59. The Morgan fingerprint density at radius 2 is 2.14 bits per heavy atom. The van der Waals surface area contributed by atoms with E-state index in [0.717, 1.165) is 5.56 Å². The molecule has 0 aliphatic rings. The minimum Gasteiger partial charge on any atom is -0.481 e. The highest BCUT2D eigenvalue weighted by molar-refractivity contribution is 5.67. The number of nitrogens with zero attached hydrogens (tertiary/aromatic N) is 1. The number of hydrogen-bond donors (Lipinski definition) is 2. The fourth-order valence-corrected chi connectivity index (χ4v) is 1.29. The van der Waals surface area contributed by atoms with Crippen LogP contribution in [0.5, 0.6) is 0 Å². The molecule has 14 heavy (non-hydrogen) atoms. The van der Waals surface area contributed by atoms with Gasteiger partial charge in [0.05, 0.1) is 6.42 Å². The molecule has 0 radical (unpaired) electrons. The number of carboxylic acid groups (broad SMARTS) is 1. The second-order valence-electron chi connectivity index (χ2n) is 3.33. The van der Waals surface area contributed by atoms with Gasteiger partial charge in [0.2, 0.25) is 0 Å². The molecule has 3 N–H and O–H groups in total. The van der Waals surface area contributed by atoms with E-state index in [1.165, 1.54) is 0 Å². The first-order valence-corrected chi connectivity index (χ1v) is 4.48. The molecule has 1 aromatic heterocycles. The summed E-state index contributed by atoms with van der Waals surface area (Å²) < 4.78 is 0. The second kappa shape index (κ2) is 4.72. The monoisotopic (exact) mass is 194 g/mol. The topological polar surface area (TPSA) is 76.2 Å². The zero-order chi connectivity index (χ0) is 10.6. The van der Waals surface area contributed by atoms with Gasteiger partial charge in [0.25, 0.3) is 0 Å². The van der Waals surface area contributed by atoms with Crippen LogP contribution >= 0.6 is 0 Å². The van der Waals surface area contributed by atoms with Gasteiger partial charge in [-0.05, 0) is 23.6 Å². The van der Waals surface area contributed by atoms with Crippen LogP contribution < -0.4 is 5.73 Å². The van der Waals surface area contributed by atoms with Gasteiger partial charge < -0.3 is 10.8 Å². The summed E-state index contributed by atoms with van der Waals surface area (Å²) in [7, 11) is 0. The highest BCUT2D eigenvalue weighted by atomic mass is 16.4. The van der Waals surface area contributed by atoms with Crippen LogP contribution in [0, 0.1) is 0 Å². The molecule has 0 spiro atoms. The number of aliphatic carboxylic acids is 1. The number of nitrogens with two attached hydrogens (primary N) is 1. The number of pyridine rings is 1. The zero-order valence-electron chi connectivity index (χ0n) is 8.05. The maximum Gasteiger partial charge on any atom is 0.304 e. The summed E-state index contributed by atoms with van der Waals surface area (Å²) in [4.78, 5) is 14.3. The molecule has 0 saturated carbocycles. The van der Waals surface area contributed by atoms with Crippen molar-refractivity contribution in [3.63, 3.8) is 0 Å². The molecule has 1 aromatic rings. The SMILES string of the molecule is CC(c1ccncc1)C(N)CC(=O)O. The Kier molecular flexibility index (Phi) is 3.59. The Bertz CT molecular complexity index is 300. The number of hydrogen-bond acceptors (Lipinski definition) is 3. The van der Waals surface area contributed by atoms with E-state index in [0.29, 0.717) is 0 Å². The lowest BCUT2D eigenvalue weighted by atomic mass is 9.93. The lowest BCUT2D eigenvalue weighted by Crippen LogP contribution is -2.29. The Labute approximate surface area is 82.8 Å². The van der Waals surface area contributed by atoms with Gasteiger partial charge in [0, 0.05) is 18.4 Å².